The van der Waals surface area contributed by atoms with E-state index in [1.165, 1.54) is 0 Å². The average molecular weight is 245 g/mol. The zero-order chi connectivity index (χ0) is 11.8. The molecule has 0 amide bonds. The highest BCUT2D eigenvalue weighted by Gasteiger charge is 2.11. The van der Waals surface area contributed by atoms with E-state index in [1.807, 2.05) is 30.3 Å². The molecular weight excluding hydrogens is 236 g/mol. The second-order valence-corrected chi connectivity index (χ2v) is 4.18. The molecule has 3 aromatic rings. The third-order valence-electron chi connectivity index (χ3n) is 2.62. The lowest BCUT2D eigenvalue weighted by atomic mass is 10.2. The second kappa shape index (κ2) is 3.79. The Kier molecular flexibility index (Phi) is 2.27. The lowest BCUT2D eigenvalue weighted by Crippen LogP contribution is -1.93. The fourth-order valence-corrected chi connectivity index (χ4v) is 1.98. The van der Waals surface area contributed by atoms with Crippen LogP contribution in [-0.4, -0.2) is 14.9 Å². The summed E-state index contributed by atoms with van der Waals surface area (Å²) >= 11 is 5.90. The van der Waals surface area contributed by atoms with E-state index < -0.39 is 0 Å². The first-order chi connectivity index (χ1) is 8.25. The Balaban J connectivity index is 2.28. The molecule has 0 unspecified atom stereocenters. The molecule has 0 aliphatic heterocycles. The Labute approximate surface area is 103 Å². The van der Waals surface area contributed by atoms with Gasteiger partial charge >= 0.3 is 0 Å². The average Bonchev–Trinajstić information content (AvgIpc) is 2.67. The molecule has 3 nitrogen and oxygen atoms in total. The van der Waals surface area contributed by atoms with Crippen LogP contribution < -0.4 is 0 Å². The molecule has 0 radical (unpaired) electrons. The number of benzene rings is 2. The van der Waals surface area contributed by atoms with Crippen LogP contribution in [-0.2, 0) is 0 Å². The minimum Gasteiger partial charge on any atom is -0.426 e. The van der Waals surface area contributed by atoms with Gasteiger partial charge in [-0.2, -0.15) is 4.73 Å². The van der Waals surface area contributed by atoms with Crippen LogP contribution in [0.15, 0.2) is 48.5 Å². The lowest BCUT2D eigenvalue weighted by Gasteiger charge is -1.99. The SMILES string of the molecule is On1c(-c2ccccc2)nc2cc(Cl)ccc21. The Morgan fingerprint density at radius 1 is 1.06 bits per heavy atom. The van der Waals surface area contributed by atoms with E-state index in [-0.39, 0.29) is 0 Å². The highest BCUT2D eigenvalue weighted by atomic mass is 35.5. The standard InChI is InChI=1S/C13H9ClN2O/c14-10-6-7-12-11(8-10)15-13(16(12)17)9-4-2-1-3-5-9/h1-8,17H. The molecule has 0 fully saturated rings. The highest BCUT2D eigenvalue weighted by Crippen LogP contribution is 2.25. The summed E-state index contributed by atoms with van der Waals surface area (Å²) in [5.74, 6) is 0.517. The van der Waals surface area contributed by atoms with Crippen molar-refractivity contribution in [2.45, 2.75) is 0 Å². The molecule has 4 heteroatoms. The smallest absolute Gasteiger partial charge is 0.176 e. The molecule has 0 aliphatic carbocycles. The zero-order valence-electron chi connectivity index (χ0n) is 8.84. The van der Waals surface area contributed by atoms with Crippen LogP contribution >= 0.6 is 11.6 Å². The van der Waals surface area contributed by atoms with Gasteiger partial charge in [0.1, 0.15) is 5.52 Å². The summed E-state index contributed by atoms with van der Waals surface area (Å²) in [4.78, 5) is 4.37. The molecule has 17 heavy (non-hydrogen) atoms. The van der Waals surface area contributed by atoms with Crippen molar-refractivity contribution >= 4 is 22.6 Å². The number of imidazole rings is 1. The lowest BCUT2D eigenvalue weighted by molar-refractivity contribution is 0.203. The fraction of sp³-hybridized carbons (Fsp3) is 0. The topological polar surface area (TPSA) is 38.0 Å². The number of halogens is 1. The number of aromatic nitrogens is 2. The number of hydrogen-bond donors (Lipinski definition) is 1. The summed E-state index contributed by atoms with van der Waals surface area (Å²) in [6, 6.07) is 14.7. The molecule has 0 saturated heterocycles. The number of nitrogens with zero attached hydrogens (tertiary/aromatic N) is 2. The largest absolute Gasteiger partial charge is 0.426 e. The summed E-state index contributed by atoms with van der Waals surface area (Å²) < 4.78 is 1.08. The van der Waals surface area contributed by atoms with Gasteiger partial charge in [-0.05, 0) is 18.2 Å². The molecule has 1 heterocycles. The molecule has 3 rings (SSSR count). The summed E-state index contributed by atoms with van der Waals surface area (Å²) in [5.41, 5.74) is 2.19. The van der Waals surface area contributed by atoms with Crippen LogP contribution in [0.5, 0.6) is 0 Å². The van der Waals surface area contributed by atoms with Gasteiger partial charge in [0.05, 0.1) is 5.52 Å². The molecule has 0 bridgehead atoms. The summed E-state index contributed by atoms with van der Waals surface area (Å²) in [6.45, 7) is 0. The quantitative estimate of drug-likeness (QED) is 0.665. The van der Waals surface area contributed by atoms with E-state index in [1.54, 1.807) is 18.2 Å². The van der Waals surface area contributed by atoms with Crippen molar-refractivity contribution in [1.82, 2.24) is 9.71 Å². The predicted molar refractivity (Wildman–Crippen MR) is 67.4 cm³/mol. The third kappa shape index (κ3) is 1.65. The second-order valence-electron chi connectivity index (χ2n) is 3.75. The maximum atomic E-state index is 10.0. The molecule has 1 aromatic heterocycles. The van der Waals surface area contributed by atoms with Gasteiger partial charge in [0.15, 0.2) is 5.82 Å². The Morgan fingerprint density at radius 3 is 2.59 bits per heavy atom. The summed E-state index contributed by atoms with van der Waals surface area (Å²) in [6.07, 6.45) is 0. The van der Waals surface area contributed by atoms with Crippen LogP contribution in [0.1, 0.15) is 0 Å². The number of fused-ring (bicyclic) bond motifs is 1. The highest BCUT2D eigenvalue weighted by molar-refractivity contribution is 6.31. The van der Waals surface area contributed by atoms with E-state index in [4.69, 9.17) is 11.6 Å². The van der Waals surface area contributed by atoms with E-state index in [2.05, 4.69) is 4.98 Å². The maximum absolute atomic E-state index is 10.0. The van der Waals surface area contributed by atoms with E-state index in [0.29, 0.717) is 21.9 Å². The molecular formula is C13H9ClN2O. The third-order valence-corrected chi connectivity index (χ3v) is 2.86. The first-order valence-corrected chi connectivity index (χ1v) is 5.56. The monoisotopic (exact) mass is 244 g/mol. The fourth-order valence-electron chi connectivity index (χ4n) is 1.81. The van der Waals surface area contributed by atoms with Gasteiger partial charge in [-0.1, -0.05) is 41.9 Å². The Bertz CT molecular complexity index is 676. The Hall–Kier alpha value is -2.00. The van der Waals surface area contributed by atoms with Crippen molar-refractivity contribution in [2.75, 3.05) is 0 Å². The van der Waals surface area contributed by atoms with Crippen molar-refractivity contribution in [3.8, 4) is 11.4 Å². The minimum atomic E-state index is 0.517. The Morgan fingerprint density at radius 2 is 1.82 bits per heavy atom. The molecule has 2 aromatic carbocycles. The number of hydrogen-bond acceptors (Lipinski definition) is 2. The minimum absolute atomic E-state index is 0.517. The van der Waals surface area contributed by atoms with Crippen LogP contribution in [0.3, 0.4) is 0 Å². The normalized spacial score (nSPS) is 10.9. The zero-order valence-corrected chi connectivity index (χ0v) is 9.59. The molecule has 0 spiro atoms. The van der Waals surface area contributed by atoms with E-state index >= 15 is 0 Å². The van der Waals surface area contributed by atoms with Gasteiger partial charge in [-0.3, -0.25) is 0 Å². The van der Waals surface area contributed by atoms with Crippen LogP contribution in [0.25, 0.3) is 22.4 Å². The van der Waals surface area contributed by atoms with Crippen molar-refractivity contribution < 1.29 is 5.21 Å². The molecule has 84 valence electrons. The van der Waals surface area contributed by atoms with Gasteiger partial charge in [0, 0.05) is 10.6 Å². The van der Waals surface area contributed by atoms with Gasteiger partial charge in [-0.15, -0.1) is 0 Å². The number of rotatable bonds is 1. The van der Waals surface area contributed by atoms with Gasteiger partial charge in [0.25, 0.3) is 0 Å². The van der Waals surface area contributed by atoms with Crippen molar-refractivity contribution in [1.29, 1.82) is 0 Å². The first-order valence-electron chi connectivity index (χ1n) is 5.18. The van der Waals surface area contributed by atoms with Gasteiger partial charge in [0.2, 0.25) is 0 Å². The molecule has 0 aliphatic rings. The van der Waals surface area contributed by atoms with Crippen molar-refractivity contribution in [2.24, 2.45) is 0 Å². The van der Waals surface area contributed by atoms with E-state index in [0.717, 1.165) is 10.3 Å². The summed E-state index contributed by atoms with van der Waals surface area (Å²) in [7, 11) is 0. The van der Waals surface area contributed by atoms with E-state index in [9.17, 15) is 5.21 Å². The van der Waals surface area contributed by atoms with Crippen molar-refractivity contribution in [3.63, 3.8) is 0 Å². The summed E-state index contributed by atoms with van der Waals surface area (Å²) in [5, 5.41) is 10.7. The molecule has 1 N–H and O–H groups in total. The van der Waals surface area contributed by atoms with Crippen molar-refractivity contribution in [3.05, 3.63) is 53.6 Å². The first kappa shape index (κ1) is 10.2. The van der Waals surface area contributed by atoms with Crippen LogP contribution in [0.4, 0.5) is 0 Å². The molecule has 0 saturated carbocycles. The van der Waals surface area contributed by atoms with Gasteiger partial charge in [-0.25, -0.2) is 4.98 Å². The molecule has 0 atom stereocenters. The van der Waals surface area contributed by atoms with Crippen LogP contribution in [0.2, 0.25) is 5.02 Å². The van der Waals surface area contributed by atoms with Crippen LogP contribution in [0, 0.1) is 0 Å². The van der Waals surface area contributed by atoms with Gasteiger partial charge < -0.3 is 5.21 Å². The predicted octanol–water partition coefficient (Wildman–Crippen LogP) is 3.59. The maximum Gasteiger partial charge on any atom is 0.176 e.